The van der Waals surface area contributed by atoms with Crippen molar-refractivity contribution in [2.75, 3.05) is 6.61 Å². The molecule has 1 amide bonds. The molecule has 0 spiro atoms. The van der Waals surface area contributed by atoms with Gasteiger partial charge in [0.1, 0.15) is 0 Å². The zero-order valence-electron chi connectivity index (χ0n) is 10.3. The molecule has 1 aliphatic rings. The lowest BCUT2D eigenvalue weighted by Crippen LogP contribution is -2.33. The van der Waals surface area contributed by atoms with E-state index >= 15 is 0 Å². The van der Waals surface area contributed by atoms with Gasteiger partial charge in [-0.25, -0.2) is 0 Å². The molecule has 96 valence electrons. The standard InChI is InChI=1S/C15H14N2O2/c18-15(13-10-19-13)17-14(11-6-2-1-3-7-11)12-8-4-5-9-16-12/h1-9,13-14H,10H2,(H,17,18). The van der Waals surface area contributed by atoms with Crippen LogP contribution in [0.15, 0.2) is 54.7 Å². The number of epoxide rings is 1. The summed E-state index contributed by atoms with van der Waals surface area (Å²) < 4.78 is 5.01. The van der Waals surface area contributed by atoms with E-state index in [1.807, 2.05) is 48.5 Å². The predicted octanol–water partition coefficient (Wildman–Crippen LogP) is 1.69. The third-order valence-corrected chi connectivity index (χ3v) is 3.03. The van der Waals surface area contributed by atoms with Crippen molar-refractivity contribution in [1.82, 2.24) is 10.3 Å². The Labute approximate surface area is 111 Å². The number of hydrogen-bond acceptors (Lipinski definition) is 3. The molecule has 0 radical (unpaired) electrons. The number of hydrogen-bond donors (Lipinski definition) is 1. The summed E-state index contributed by atoms with van der Waals surface area (Å²) in [4.78, 5) is 16.2. The molecular weight excluding hydrogens is 240 g/mol. The first-order valence-corrected chi connectivity index (χ1v) is 6.22. The monoisotopic (exact) mass is 254 g/mol. The van der Waals surface area contributed by atoms with Crippen molar-refractivity contribution in [2.45, 2.75) is 12.1 Å². The van der Waals surface area contributed by atoms with E-state index in [1.54, 1.807) is 6.20 Å². The number of benzene rings is 1. The van der Waals surface area contributed by atoms with Gasteiger partial charge in [0.15, 0.2) is 6.10 Å². The lowest BCUT2D eigenvalue weighted by Gasteiger charge is -2.18. The Balaban J connectivity index is 1.89. The average molecular weight is 254 g/mol. The minimum absolute atomic E-state index is 0.0838. The summed E-state index contributed by atoms with van der Waals surface area (Å²) in [5, 5.41) is 2.99. The van der Waals surface area contributed by atoms with Gasteiger partial charge in [0.05, 0.1) is 18.3 Å². The van der Waals surface area contributed by atoms with Crippen LogP contribution in [-0.2, 0) is 9.53 Å². The summed E-state index contributed by atoms with van der Waals surface area (Å²) in [5.74, 6) is -0.0838. The van der Waals surface area contributed by atoms with Crippen molar-refractivity contribution in [3.8, 4) is 0 Å². The van der Waals surface area contributed by atoms with Gasteiger partial charge in [0.2, 0.25) is 0 Å². The van der Waals surface area contributed by atoms with Gasteiger partial charge in [0.25, 0.3) is 5.91 Å². The molecule has 1 N–H and O–H groups in total. The van der Waals surface area contributed by atoms with Crippen molar-refractivity contribution >= 4 is 5.91 Å². The number of carbonyl (C=O) groups is 1. The van der Waals surface area contributed by atoms with E-state index in [1.165, 1.54) is 0 Å². The highest BCUT2D eigenvalue weighted by atomic mass is 16.6. The number of rotatable bonds is 4. The van der Waals surface area contributed by atoms with Gasteiger partial charge < -0.3 is 10.1 Å². The summed E-state index contributed by atoms with van der Waals surface area (Å²) >= 11 is 0. The van der Waals surface area contributed by atoms with E-state index in [-0.39, 0.29) is 18.1 Å². The lowest BCUT2D eigenvalue weighted by atomic mass is 10.0. The van der Waals surface area contributed by atoms with E-state index in [2.05, 4.69) is 10.3 Å². The molecule has 2 heterocycles. The molecule has 1 fully saturated rings. The van der Waals surface area contributed by atoms with Gasteiger partial charge in [-0.3, -0.25) is 9.78 Å². The smallest absolute Gasteiger partial charge is 0.252 e. The van der Waals surface area contributed by atoms with E-state index in [4.69, 9.17) is 4.74 Å². The minimum Gasteiger partial charge on any atom is -0.363 e. The number of ether oxygens (including phenoxy) is 1. The summed E-state index contributed by atoms with van der Waals surface area (Å²) in [5.41, 5.74) is 1.83. The number of pyridine rings is 1. The molecule has 1 aromatic carbocycles. The third-order valence-electron chi connectivity index (χ3n) is 3.03. The molecule has 2 aromatic rings. The molecule has 2 atom stereocenters. The van der Waals surface area contributed by atoms with Crippen LogP contribution in [0.3, 0.4) is 0 Å². The van der Waals surface area contributed by atoms with Gasteiger partial charge in [-0.05, 0) is 17.7 Å². The van der Waals surface area contributed by atoms with E-state index in [0.29, 0.717) is 6.61 Å². The SMILES string of the molecule is O=C(NC(c1ccccc1)c1ccccn1)C1CO1. The number of nitrogens with zero attached hydrogens (tertiary/aromatic N) is 1. The van der Waals surface area contributed by atoms with Crippen LogP contribution in [0.5, 0.6) is 0 Å². The minimum atomic E-state index is -0.296. The molecule has 1 saturated heterocycles. The maximum atomic E-state index is 11.9. The van der Waals surface area contributed by atoms with E-state index < -0.39 is 0 Å². The summed E-state index contributed by atoms with van der Waals surface area (Å²) in [6, 6.07) is 15.3. The van der Waals surface area contributed by atoms with Crippen molar-refractivity contribution in [3.05, 3.63) is 66.0 Å². The van der Waals surface area contributed by atoms with Crippen LogP contribution in [0.2, 0.25) is 0 Å². The molecule has 0 saturated carbocycles. The fourth-order valence-corrected chi connectivity index (χ4v) is 1.95. The normalized spacial score (nSPS) is 18.6. The predicted molar refractivity (Wildman–Crippen MR) is 70.4 cm³/mol. The summed E-state index contributed by atoms with van der Waals surface area (Å²) in [6.07, 6.45) is 1.43. The quantitative estimate of drug-likeness (QED) is 0.845. The van der Waals surface area contributed by atoms with Crippen LogP contribution in [0.1, 0.15) is 17.3 Å². The maximum Gasteiger partial charge on any atom is 0.252 e. The summed E-state index contributed by atoms with van der Waals surface area (Å²) in [6.45, 7) is 0.509. The molecule has 2 unspecified atom stereocenters. The molecule has 4 heteroatoms. The maximum absolute atomic E-state index is 11.9. The van der Waals surface area contributed by atoms with Crippen LogP contribution in [0.25, 0.3) is 0 Å². The highest BCUT2D eigenvalue weighted by Gasteiger charge is 2.33. The first kappa shape index (κ1) is 11.9. The molecule has 4 nitrogen and oxygen atoms in total. The molecule has 19 heavy (non-hydrogen) atoms. The first-order valence-electron chi connectivity index (χ1n) is 6.22. The fourth-order valence-electron chi connectivity index (χ4n) is 1.95. The number of amides is 1. The Hall–Kier alpha value is -2.20. The second-order valence-corrected chi connectivity index (χ2v) is 4.43. The van der Waals surface area contributed by atoms with Gasteiger partial charge >= 0.3 is 0 Å². The molecular formula is C15H14N2O2. The Morgan fingerprint density at radius 1 is 1.21 bits per heavy atom. The number of aromatic nitrogens is 1. The lowest BCUT2D eigenvalue weighted by molar-refractivity contribution is -0.122. The van der Waals surface area contributed by atoms with Crippen LogP contribution in [0.4, 0.5) is 0 Å². The topological polar surface area (TPSA) is 54.5 Å². The second kappa shape index (κ2) is 5.20. The zero-order valence-corrected chi connectivity index (χ0v) is 10.3. The van der Waals surface area contributed by atoms with Gasteiger partial charge in [0, 0.05) is 6.20 Å². The third kappa shape index (κ3) is 2.80. The highest BCUT2D eigenvalue weighted by Crippen LogP contribution is 2.21. The number of nitrogens with one attached hydrogen (secondary N) is 1. The first-order chi connectivity index (χ1) is 9.34. The number of carbonyl (C=O) groups excluding carboxylic acids is 1. The summed E-state index contributed by atoms with van der Waals surface area (Å²) in [7, 11) is 0. The highest BCUT2D eigenvalue weighted by molar-refractivity contribution is 5.83. The van der Waals surface area contributed by atoms with Gasteiger partial charge in [-0.2, -0.15) is 0 Å². The second-order valence-electron chi connectivity index (χ2n) is 4.43. The van der Waals surface area contributed by atoms with E-state index in [9.17, 15) is 4.79 Å². The van der Waals surface area contributed by atoms with Gasteiger partial charge in [-0.1, -0.05) is 36.4 Å². The largest absolute Gasteiger partial charge is 0.363 e. The van der Waals surface area contributed by atoms with Crippen LogP contribution < -0.4 is 5.32 Å². The molecule has 1 aliphatic heterocycles. The van der Waals surface area contributed by atoms with Crippen LogP contribution in [-0.4, -0.2) is 23.6 Å². The Bertz CT molecular complexity index is 513. The average Bonchev–Trinajstić information content (AvgIpc) is 3.31. The Morgan fingerprint density at radius 2 is 1.95 bits per heavy atom. The Morgan fingerprint density at radius 3 is 2.58 bits per heavy atom. The molecule has 0 bridgehead atoms. The Kier molecular flexibility index (Phi) is 3.25. The molecule has 3 rings (SSSR count). The van der Waals surface area contributed by atoms with E-state index in [0.717, 1.165) is 11.3 Å². The van der Waals surface area contributed by atoms with Crippen LogP contribution >= 0.6 is 0 Å². The van der Waals surface area contributed by atoms with Crippen molar-refractivity contribution in [3.63, 3.8) is 0 Å². The molecule has 1 aromatic heterocycles. The zero-order chi connectivity index (χ0) is 13.1. The van der Waals surface area contributed by atoms with Crippen molar-refractivity contribution in [2.24, 2.45) is 0 Å². The van der Waals surface area contributed by atoms with Gasteiger partial charge in [-0.15, -0.1) is 0 Å². The van der Waals surface area contributed by atoms with Crippen molar-refractivity contribution < 1.29 is 9.53 Å². The molecule has 0 aliphatic carbocycles. The fraction of sp³-hybridized carbons (Fsp3) is 0.200. The van der Waals surface area contributed by atoms with Crippen LogP contribution in [0, 0.1) is 0 Å². The van der Waals surface area contributed by atoms with Crippen molar-refractivity contribution in [1.29, 1.82) is 0 Å².